The molecule has 2 heteroatoms. The summed E-state index contributed by atoms with van der Waals surface area (Å²) in [5.41, 5.74) is 0. The lowest BCUT2D eigenvalue weighted by Gasteiger charge is -2.22. The first-order valence-electron chi connectivity index (χ1n) is 5.01. The standard InChI is InChI=1S/C10H16BO/c1-2-8-6-7-9-4-3-5-10(8)12-11-9/h2,8-10H,1,3-7H2. The molecule has 12 heavy (non-hydrogen) atoms. The van der Waals surface area contributed by atoms with Gasteiger partial charge in [-0.1, -0.05) is 25.3 Å². The molecule has 0 spiro atoms. The van der Waals surface area contributed by atoms with Gasteiger partial charge in [0.05, 0.1) is 0 Å². The largest absolute Gasteiger partial charge is 0.437 e. The predicted octanol–water partition coefficient (Wildman–Crippen LogP) is 2.56. The van der Waals surface area contributed by atoms with Gasteiger partial charge in [0, 0.05) is 12.0 Å². The van der Waals surface area contributed by atoms with Gasteiger partial charge in [-0.3, -0.25) is 0 Å². The molecule has 0 aromatic heterocycles. The van der Waals surface area contributed by atoms with E-state index in [1.54, 1.807) is 0 Å². The maximum atomic E-state index is 5.73. The minimum Gasteiger partial charge on any atom is -0.437 e. The Kier molecular flexibility index (Phi) is 2.55. The van der Waals surface area contributed by atoms with Crippen LogP contribution in [0, 0.1) is 5.92 Å². The first-order valence-corrected chi connectivity index (χ1v) is 5.01. The van der Waals surface area contributed by atoms with Crippen LogP contribution < -0.4 is 0 Å². The molecule has 2 rings (SSSR count). The van der Waals surface area contributed by atoms with Crippen LogP contribution in [-0.2, 0) is 4.65 Å². The Morgan fingerprint density at radius 3 is 3.00 bits per heavy atom. The molecule has 65 valence electrons. The fourth-order valence-electron chi connectivity index (χ4n) is 2.32. The first kappa shape index (κ1) is 8.37. The fraction of sp³-hybridized carbons (Fsp3) is 0.800. The molecular formula is C10H16BO. The topological polar surface area (TPSA) is 9.23 Å². The number of hydrogen-bond acceptors (Lipinski definition) is 1. The highest BCUT2D eigenvalue weighted by Gasteiger charge is 2.29. The summed E-state index contributed by atoms with van der Waals surface area (Å²) in [6.45, 7) is 3.88. The van der Waals surface area contributed by atoms with E-state index in [4.69, 9.17) is 4.65 Å². The van der Waals surface area contributed by atoms with Gasteiger partial charge in [-0.2, -0.15) is 0 Å². The predicted molar refractivity (Wildman–Crippen MR) is 51.1 cm³/mol. The molecule has 0 N–H and O–H groups in total. The third kappa shape index (κ3) is 1.58. The van der Waals surface area contributed by atoms with E-state index >= 15 is 0 Å². The van der Waals surface area contributed by atoms with Crippen molar-refractivity contribution in [1.82, 2.24) is 0 Å². The minimum absolute atomic E-state index is 0.440. The summed E-state index contributed by atoms with van der Waals surface area (Å²) in [4.78, 5) is 0. The summed E-state index contributed by atoms with van der Waals surface area (Å²) >= 11 is 0. The highest BCUT2D eigenvalue weighted by atomic mass is 16.4. The minimum atomic E-state index is 0.440. The van der Waals surface area contributed by atoms with E-state index < -0.39 is 0 Å². The van der Waals surface area contributed by atoms with Crippen molar-refractivity contribution in [3.63, 3.8) is 0 Å². The molecule has 1 nitrogen and oxygen atoms in total. The van der Waals surface area contributed by atoms with Crippen LogP contribution in [-0.4, -0.2) is 13.6 Å². The molecule has 0 aromatic rings. The zero-order valence-electron chi connectivity index (χ0n) is 7.54. The third-order valence-corrected chi connectivity index (χ3v) is 3.16. The number of rotatable bonds is 1. The normalized spacial score (nSPS) is 41.2. The molecule has 0 amide bonds. The summed E-state index contributed by atoms with van der Waals surface area (Å²) < 4.78 is 5.73. The van der Waals surface area contributed by atoms with Crippen LogP contribution in [0.2, 0.25) is 5.82 Å². The molecular weight excluding hydrogens is 147 g/mol. The van der Waals surface area contributed by atoms with Crippen molar-refractivity contribution in [3.05, 3.63) is 12.7 Å². The zero-order chi connectivity index (χ0) is 8.39. The monoisotopic (exact) mass is 163 g/mol. The molecule has 3 atom stereocenters. The summed E-state index contributed by atoms with van der Waals surface area (Å²) in [5, 5.41) is 0. The van der Waals surface area contributed by atoms with Crippen molar-refractivity contribution >= 4 is 7.48 Å². The van der Waals surface area contributed by atoms with Gasteiger partial charge in [0.1, 0.15) is 0 Å². The van der Waals surface area contributed by atoms with Crippen molar-refractivity contribution in [1.29, 1.82) is 0 Å². The van der Waals surface area contributed by atoms with Crippen LogP contribution in [0.15, 0.2) is 12.7 Å². The molecule has 0 saturated carbocycles. The number of fused-ring (bicyclic) bond motifs is 3. The lowest BCUT2D eigenvalue weighted by atomic mass is 9.73. The Balaban J connectivity index is 2.08. The molecule has 0 aliphatic carbocycles. The van der Waals surface area contributed by atoms with Gasteiger partial charge >= 0.3 is 0 Å². The summed E-state index contributed by atoms with van der Waals surface area (Å²) in [6.07, 6.45) is 8.98. The quantitative estimate of drug-likeness (QED) is 0.426. The Morgan fingerprint density at radius 1 is 1.25 bits per heavy atom. The van der Waals surface area contributed by atoms with Crippen molar-refractivity contribution in [2.45, 2.75) is 44.0 Å². The highest BCUT2D eigenvalue weighted by molar-refractivity contribution is 6.29. The second-order valence-corrected chi connectivity index (χ2v) is 3.98. The van der Waals surface area contributed by atoms with Crippen molar-refractivity contribution in [2.75, 3.05) is 0 Å². The molecule has 2 aliphatic heterocycles. The summed E-state index contributed by atoms with van der Waals surface area (Å²) in [7, 11) is 2.08. The van der Waals surface area contributed by atoms with Gasteiger partial charge in [-0.25, -0.2) is 0 Å². The Bertz CT molecular complexity index is 169. The SMILES string of the molecule is C=CC1CCC2[B]OC1CCC2. The average molecular weight is 163 g/mol. The zero-order valence-corrected chi connectivity index (χ0v) is 7.54. The molecule has 2 bridgehead atoms. The van der Waals surface area contributed by atoms with Gasteiger partial charge in [0.15, 0.2) is 0 Å². The lowest BCUT2D eigenvalue weighted by Crippen LogP contribution is -2.20. The summed E-state index contributed by atoms with van der Waals surface area (Å²) in [6, 6.07) is 0. The maximum Gasteiger partial charge on any atom is 0.296 e. The Morgan fingerprint density at radius 2 is 2.17 bits per heavy atom. The number of hydrogen-bond donors (Lipinski definition) is 0. The summed E-state index contributed by atoms with van der Waals surface area (Å²) in [5.74, 6) is 1.33. The van der Waals surface area contributed by atoms with E-state index in [-0.39, 0.29) is 0 Å². The van der Waals surface area contributed by atoms with Crippen molar-refractivity contribution in [2.24, 2.45) is 5.92 Å². The first-order chi connectivity index (χ1) is 5.90. The van der Waals surface area contributed by atoms with Crippen LogP contribution in [0.1, 0.15) is 32.1 Å². The lowest BCUT2D eigenvalue weighted by molar-refractivity contribution is 0.157. The molecule has 0 aromatic carbocycles. The van der Waals surface area contributed by atoms with Gasteiger partial charge in [-0.05, 0) is 18.7 Å². The van der Waals surface area contributed by atoms with Crippen molar-refractivity contribution < 1.29 is 4.65 Å². The van der Waals surface area contributed by atoms with Crippen LogP contribution in [0.25, 0.3) is 0 Å². The van der Waals surface area contributed by atoms with E-state index in [9.17, 15) is 0 Å². The van der Waals surface area contributed by atoms with E-state index in [0.29, 0.717) is 12.0 Å². The Hall–Kier alpha value is -0.235. The highest BCUT2D eigenvalue weighted by Crippen LogP contribution is 2.35. The van der Waals surface area contributed by atoms with Gasteiger partial charge in [0.2, 0.25) is 0 Å². The van der Waals surface area contributed by atoms with E-state index in [2.05, 4.69) is 20.1 Å². The van der Waals surface area contributed by atoms with Crippen LogP contribution in [0.5, 0.6) is 0 Å². The van der Waals surface area contributed by atoms with E-state index in [1.165, 1.54) is 32.1 Å². The second kappa shape index (κ2) is 3.65. The van der Waals surface area contributed by atoms with Gasteiger partial charge in [-0.15, -0.1) is 6.58 Å². The maximum absolute atomic E-state index is 5.73. The van der Waals surface area contributed by atoms with Crippen molar-refractivity contribution in [3.8, 4) is 0 Å². The molecule has 2 aliphatic rings. The third-order valence-electron chi connectivity index (χ3n) is 3.16. The van der Waals surface area contributed by atoms with Crippen LogP contribution in [0.3, 0.4) is 0 Å². The molecule has 3 unspecified atom stereocenters. The van der Waals surface area contributed by atoms with Crippen LogP contribution in [0.4, 0.5) is 0 Å². The average Bonchev–Trinajstić information content (AvgIpc) is 2.37. The Labute approximate surface area is 75.5 Å². The molecule has 1 radical (unpaired) electrons. The molecule has 2 fully saturated rings. The smallest absolute Gasteiger partial charge is 0.296 e. The van der Waals surface area contributed by atoms with E-state index in [0.717, 1.165) is 5.82 Å². The van der Waals surface area contributed by atoms with E-state index in [1.807, 2.05) is 0 Å². The second-order valence-electron chi connectivity index (χ2n) is 3.98. The molecule has 2 saturated heterocycles. The van der Waals surface area contributed by atoms with Gasteiger partial charge < -0.3 is 4.65 Å². The van der Waals surface area contributed by atoms with Crippen LogP contribution >= 0.6 is 0 Å². The van der Waals surface area contributed by atoms with Gasteiger partial charge in [0.25, 0.3) is 7.48 Å². The molecule has 2 heterocycles. The fourth-order valence-corrected chi connectivity index (χ4v) is 2.32.